The smallest absolute Gasteiger partial charge is 0.309 e. The highest BCUT2D eigenvalue weighted by Crippen LogP contribution is 2.38. The van der Waals surface area contributed by atoms with Crippen molar-refractivity contribution in [3.05, 3.63) is 53.0 Å². The number of hydrogen-bond acceptors (Lipinski definition) is 4. The fourth-order valence-corrected chi connectivity index (χ4v) is 3.98. The Balaban J connectivity index is 1.70. The maximum absolute atomic E-state index is 14.2. The molecule has 0 saturated heterocycles. The van der Waals surface area contributed by atoms with Gasteiger partial charge in [-0.3, -0.25) is 14.6 Å². The Hall–Kier alpha value is -2.76. The van der Waals surface area contributed by atoms with Gasteiger partial charge in [-0.1, -0.05) is 18.2 Å². The van der Waals surface area contributed by atoms with Crippen LogP contribution < -0.4 is 5.32 Å². The van der Waals surface area contributed by atoms with Gasteiger partial charge in [-0.15, -0.1) is 0 Å². The van der Waals surface area contributed by atoms with E-state index in [1.54, 1.807) is 25.1 Å². The second-order valence-corrected chi connectivity index (χ2v) is 6.99. The van der Waals surface area contributed by atoms with Gasteiger partial charge in [-0.25, -0.2) is 4.39 Å². The third-order valence-electron chi connectivity index (χ3n) is 5.34. The van der Waals surface area contributed by atoms with Crippen molar-refractivity contribution in [1.29, 1.82) is 0 Å². The number of benzene rings is 1. The van der Waals surface area contributed by atoms with Gasteiger partial charge in [0.25, 0.3) is 0 Å². The van der Waals surface area contributed by atoms with Crippen LogP contribution in [0.25, 0.3) is 5.70 Å². The number of hydrogen-bond donors (Lipinski definition) is 1. The average molecular weight is 368 g/mol. The van der Waals surface area contributed by atoms with Gasteiger partial charge in [0.2, 0.25) is 5.91 Å². The molecule has 1 amide bonds. The average Bonchev–Trinajstić information content (AvgIpc) is 2.68. The molecule has 5 nitrogen and oxygen atoms in total. The predicted octanol–water partition coefficient (Wildman–Crippen LogP) is 3.37. The molecule has 4 rings (SSSR count). The minimum atomic E-state index is -0.389. The largest absolute Gasteiger partial charge is 0.466 e. The third kappa shape index (κ3) is 3.20. The molecule has 1 aromatic carbocycles. The summed E-state index contributed by atoms with van der Waals surface area (Å²) in [4.78, 5) is 29.4. The van der Waals surface area contributed by atoms with Crippen LogP contribution in [0.15, 0.2) is 46.6 Å². The fraction of sp³-hybridized carbons (Fsp3) is 0.381. The standard InChI is InChI=1S/C21H21FN2O3/c1-2-27-21(26)12-7-9-18-15(11-12)19-14(20(25)24-18)8-10-17(23-19)13-5-3-4-6-16(13)22/h3-6,10,12,14H,2,7-9,11H2,1H3,(H,24,25). The van der Waals surface area contributed by atoms with Gasteiger partial charge in [0.05, 0.1) is 29.9 Å². The summed E-state index contributed by atoms with van der Waals surface area (Å²) in [6.07, 6.45) is 4.02. The summed E-state index contributed by atoms with van der Waals surface area (Å²) in [5.74, 6) is -1.25. The fourth-order valence-electron chi connectivity index (χ4n) is 3.98. The van der Waals surface area contributed by atoms with Crippen LogP contribution in [-0.2, 0) is 14.3 Å². The number of carbonyl (C=O) groups is 2. The molecule has 0 bridgehead atoms. The summed E-state index contributed by atoms with van der Waals surface area (Å²) in [6, 6.07) is 6.49. The van der Waals surface area contributed by atoms with Gasteiger partial charge in [-0.05, 0) is 50.3 Å². The van der Waals surface area contributed by atoms with E-state index in [1.165, 1.54) is 6.07 Å². The number of aliphatic imine (C=N–C) groups is 1. The highest BCUT2D eigenvalue weighted by molar-refractivity contribution is 6.18. The minimum absolute atomic E-state index is 0.0779. The summed E-state index contributed by atoms with van der Waals surface area (Å²) >= 11 is 0. The van der Waals surface area contributed by atoms with Crippen LogP contribution in [0.4, 0.5) is 4.39 Å². The van der Waals surface area contributed by atoms with E-state index in [9.17, 15) is 14.0 Å². The molecule has 1 aliphatic carbocycles. The Morgan fingerprint density at radius 3 is 2.96 bits per heavy atom. The van der Waals surface area contributed by atoms with Gasteiger partial charge in [0.1, 0.15) is 5.82 Å². The lowest BCUT2D eigenvalue weighted by Crippen LogP contribution is -2.44. The first-order valence-corrected chi connectivity index (χ1v) is 9.32. The van der Waals surface area contributed by atoms with Crippen molar-refractivity contribution in [2.45, 2.75) is 32.6 Å². The van der Waals surface area contributed by atoms with E-state index in [4.69, 9.17) is 4.74 Å². The minimum Gasteiger partial charge on any atom is -0.466 e. The SMILES string of the molecule is CCOC(=O)C1CCC2=C(C1)C1=NC(c3ccccc3F)=CCC1C(=O)N2. The third-order valence-corrected chi connectivity index (χ3v) is 5.34. The first-order valence-electron chi connectivity index (χ1n) is 9.32. The van der Waals surface area contributed by atoms with Crippen molar-refractivity contribution in [3.63, 3.8) is 0 Å². The van der Waals surface area contributed by atoms with Crippen molar-refractivity contribution in [1.82, 2.24) is 5.32 Å². The molecule has 6 heteroatoms. The molecule has 27 heavy (non-hydrogen) atoms. The first kappa shape index (κ1) is 17.6. The molecule has 0 saturated carbocycles. The van der Waals surface area contributed by atoms with E-state index in [0.29, 0.717) is 49.3 Å². The molecule has 0 spiro atoms. The lowest BCUT2D eigenvalue weighted by Gasteiger charge is -2.35. The Bertz CT molecular complexity index is 900. The van der Waals surface area contributed by atoms with E-state index >= 15 is 0 Å². The van der Waals surface area contributed by atoms with E-state index in [0.717, 1.165) is 11.3 Å². The molecule has 140 valence electrons. The number of rotatable bonds is 3. The van der Waals surface area contributed by atoms with Crippen molar-refractivity contribution >= 4 is 23.3 Å². The summed E-state index contributed by atoms with van der Waals surface area (Å²) in [5, 5.41) is 2.98. The summed E-state index contributed by atoms with van der Waals surface area (Å²) < 4.78 is 19.4. The van der Waals surface area contributed by atoms with Crippen LogP contribution >= 0.6 is 0 Å². The Morgan fingerprint density at radius 2 is 2.19 bits per heavy atom. The number of allylic oxidation sites excluding steroid dienone is 3. The molecule has 2 atom stereocenters. The van der Waals surface area contributed by atoms with Crippen molar-refractivity contribution < 1.29 is 18.7 Å². The zero-order valence-electron chi connectivity index (χ0n) is 15.1. The molecule has 1 N–H and O–H groups in total. The molecule has 0 aromatic heterocycles. The monoisotopic (exact) mass is 368 g/mol. The van der Waals surface area contributed by atoms with Crippen molar-refractivity contribution in [3.8, 4) is 0 Å². The Morgan fingerprint density at radius 1 is 1.37 bits per heavy atom. The molecular formula is C21H21FN2O3. The maximum Gasteiger partial charge on any atom is 0.309 e. The van der Waals surface area contributed by atoms with Crippen LogP contribution in [-0.4, -0.2) is 24.2 Å². The highest BCUT2D eigenvalue weighted by Gasteiger charge is 2.39. The lowest BCUT2D eigenvalue weighted by molar-refractivity contribution is -0.148. The number of nitrogens with zero attached hydrogens (tertiary/aromatic N) is 1. The van der Waals surface area contributed by atoms with Crippen LogP contribution in [0, 0.1) is 17.7 Å². The van der Waals surface area contributed by atoms with Crippen LogP contribution in [0.3, 0.4) is 0 Å². The topological polar surface area (TPSA) is 67.8 Å². The zero-order chi connectivity index (χ0) is 19.0. The van der Waals surface area contributed by atoms with Gasteiger partial charge >= 0.3 is 5.97 Å². The second kappa shape index (κ2) is 7.10. The number of ether oxygens (including phenoxy) is 1. The molecule has 2 heterocycles. The first-order chi connectivity index (χ1) is 13.1. The zero-order valence-corrected chi connectivity index (χ0v) is 15.1. The van der Waals surface area contributed by atoms with E-state index in [2.05, 4.69) is 10.3 Å². The lowest BCUT2D eigenvalue weighted by atomic mass is 9.77. The summed E-state index contributed by atoms with van der Waals surface area (Å²) in [6.45, 7) is 2.14. The summed E-state index contributed by atoms with van der Waals surface area (Å²) in [7, 11) is 0. The van der Waals surface area contributed by atoms with Gasteiger partial charge < -0.3 is 10.1 Å². The maximum atomic E-state index is 14.2. The molecule has 0 radical (unpaired) electrons. The number of fused-ring (bicyclic) bond motifs is 2. The van der Waals surface area contributed by atoms with E-state index < -0.39 is 0 Å². The molecule has 2 unspecified atom stereocenters. The van der Waals surface area contributed by atoms with Crippen molar-refractivity contribution in [2.75, 3.05) is 6.61 Å². The van der Waals surface area contributed by atoms with Gasteiger partial charge in [-0.2, -0.15) is 0 Å². The van der Waals surface area contributed by atoms with Crippen LogP contribution in [0.5, 0.6) is 0 Å². The number of amides is 1. The number of carbonyl (C=O) groups excluding carboxylic acids is 2. The molecule has 2 aliphatic heterocycles. The molecule has 3 aliphatic rings. The van der Waals surface area contributed by atoms with E-state index in [1.807, 2.05) is 6.08 Å². The molecule has 0 fully saturated rings. The second-order valence-electron chi connectivity index (χ2n) is 6.99. The van der Waals surface area contributed by atoms with Crippen LogP contribution in [0.1, 0.15) is 38.2 Å². The molecular weight excluding hydrogens is 347 g/mol. The number of esters is 1. The Labute approximate surface area is 157 Å². The number of nitrogens with one attached hydrogen (secondary N) is 1. The number of halogens is 1. The molecule has 1 aromatic rings. The van der Waals surface area contributed by atoms with Gasteiger partial charge in [0, 0.05) is 11.3 Å². The quantitative estimate of drug-likeness (QED) is 0.832. The van der Waals surface area contributed by atoms with E-state index in [-0.39, 0.29) is 29.5 Å². The Kier molecular flexibility index (Phi) is 4.64. The summed E-state index contributed by atoms with van der Waals surface area (Å²) in [5.41, 5.74) is 3.38. The predicted molar refractivity (Wildman–Crippen MR) is 99.1 cm³/mol. The normalized spacial score (nSPS) is 24.3. The highest BCUT2D eigenvalue weighted by atomic mass is 19.1. The van der Waals surface area contributed by atoms with Crippen LogP contribution in [0.2, 0.25) is 0 Å². The van der Waals surface area contributed by atoms with Gasteiger partial charge in [0.15, 0.2) is 0 Å². The van der Waals surface area contributed by atoms with Crippen molar-refractivity contribution in [2.24, 2.45) is 16.8 Å².